The molecular weight excluding hydrogens is 352 g/mol. The second kappa shape index (κ2) is 12.9. The number of carboxylic acid groups (broad SMARTS) is 1. The van der Waals surface area contributed by atoms with Crippen molar-refractivity contribution in [3.05, 3.63) is 22.8 Å². The van der Waals surface area contributed by atoms with Crippen LogP contribution in [0.25, 0.3) is 0 Å². The molecule has 0 saturated carbocycles. The fraction of sp³-hybridized carbons (Fsp3) is 0.650. The number of rotatable bonds is 12. The van der Waals surface area contributed by atoms with Crippen LogP contribution < -0.4 is 0 Å². The molecule has 3 atom stereocenters. The van der Waals surface area contributed by atoms with Gasteiger partial charge in [0.1, 0.15) is 5.76 Å². The lowest BCUT2D eigenvalue weighted by atomic mass is 10.0. The molecule has 0 aliphatic heterocycles. The van der Waals surface area contributed by atoms with Crippen molar-refractivity contribution in [2.24, 2.45) is 5.92 Å². The molecule has 26 heavy (non-hydrogen) atoms. The summed E-state index contributed by atoms with van der Waals surface area (Å²) >= 11 is 1.65. The van der Waals surface area contributed by atoms with Gasteiger partial charge in [-0.1, -0.05) is 18.6 Å². The van der Waals surface area contributed by atoms with E-state index in [1.54, 1.807) is 31.9 Å². The Labute approximate surface area is 160 Å². The van der Waals surface area contributed by atoms with Gasteiger partial charge < -0.3 is 20.1 Å². The second-order valence-corrected chi connectivity index (χ2v) is 7.40. The molecule has 1 aliphatic rings. The number of carboxylic acids is 1. The van der Waals surface area contributed by atoms with Gasteiger partial charge in [0.05, 0.1) is 19.3 Å². The lowest BCUT2D eigenvalue weighted by Gasteiger charge is -2.15. The van der Waals surface area contributed by atoms with Gasteiger partial charge in [-0.15, -0.1) is 23.6 Å². The molecule has 0 radical (unpaired) electrons. The Morgan fingerprint density at radius 2 is 2.19 bits per heavy atom. The first-order valence-corrected chi connectivity index (χ1v) is 10.0. The van der Waals surface area contributed by atoms with Crippen molar-refractivity contribution in [1.29, 1.82) is 0 Å². The maximum Gasteiger partial charge on any atom is 0.303 e. The second-order valence-electron chi connectivity index (χ2n) is 6.26. The van der Waals surface area contributed by atoms with E-state index in [4.69, 9.17) is 9.84 Å². The molecule has 0 unspecified atom stereocenters. The Hall–Kier alpha value is -1.42. The summed E-state index contributed by atoms with van der Waals surface area (Å²) < 4.78 is 5.43. The van der Waals surface area contributed by atoms with Crippen LogP contribution in [-0.2, 0) is 9.53 Å². The summed E-state index contributed by atoms with van der Waals surface area (Å²) in [6.45, 7) is 1.78. The molecule has 0 bridgehead atoms. The van der Waals surface area contributed by atoms with Gasteiger partial charge in [-0.25, -0.2) is 0 Å². The Morgan fingerprint density at radius 1 is 1.42 bits per heavy atom. The number of aliphatic carboxylic acids is 1. The smallest absolute Gasteiger partial charge is 0.303 e. The van der Waals surface area contributed by atoms with E-state index in [-0.39, 0.29) is 12.3 Å². The zero-order valence-electron chi connectivity index (χ0n) is 15.6. The van der Waals surface area contributed by atoms with Crippen LogP contribution in [0, 0.1) is 17.8 Å². The molecule has 0 heterocycles. The largest absolute Gasteiger partial charge is 0.500 e. The minimum atomic E-state index is -0.755. The highest BCUT2D eigenvalue weighted by Gasteiger charge is 2.33. The predicted octanol–water partition coefficient (Wildman–Crippen LogP) is 3.32. The Morgan fingerprint density at radius 3 is 2.85 bits per heavy atom. The third-order valence-corrected chi connectivity index (χ3v) is 5.51. The van der Waals surface area contributed by atoms with Crippen LogP contribution in [0.5, 0.6) is 0 Å². The number of hydrogen-bond acceptors (Lipinski definition) is 5. The maximum absolute atomic E-state index is 10.5. The summed E-state index contributed by atoms with van der Waals surface area (Å²) in [5.41, 5.74) is 0. The average molecular weight is 383 g/mol. The number of carbonyl (C=O) groups is 1. The molecule has 0 spiro atoms. The SMILES string of the molecule is CC#CCC[C@H](O)/C=C/[C@@H]1C(SCCCCCC(=O)O)=C(OC)C[C@H]1O. The van der Waals surface area contributed by atoms with Gasteiger partial charge in [-0.3, -0.25) is 4.79 Å². The molecule has 0 aromatic carbocycles. The van der Waals surface area contributed by atoms with Crippen LogP contribution >= 0.6 is 11.8 Å². The highest BCUT2D eigenvalue weighted by Crippen LogP contribution is 2.41. The zero-order valence-corrected chi connectivity index (χ0v) is 16.4. The lowest BCUT2D eigenvalue weighted by Crippen LogP contribution is -2.14. The van der Waals surface area contributed by atoms with E-state index in [1.807, 2.05) is 6.08 Å². The van der Waals surface area contributed by atoms with Crippen LogP contribution in [0.2, 0.25) is 0 Å². The van der Waals surface area contributed by atoms with Gasteiger partial charge in [-0.2, -0.15) is 0 Å². The van der Waals surface area contributed by atoms with Crippen LogP contribution in [0.4, 0.5) is 0 Å². The molecule has 5 nitrogen and oxygen atoms in total. The number of hydrogen-bond donors (Lipinski definition) is 3. The standard InChI is InChI=1S/C20H30O5S/c1-3-4-6-9-15(21)11-12-16-17(22)14-18(25-2)20(16)26-13-8-5-7-10-19(23)24/h11-12,15-17,21-22H,5-10,13-14H2,1-2H3,(H,23,24)/b12-11+/t15-,16-,17+/m0/s1. The first-order chi connectivity index (χ1) is 12.5. The quantitative estimate of drug-likeness (QED) is 0.273. The number of aliphatic hydroxyl groups excluding tert-OH is 2. The topological polar surface area (TPSA) is 87.0 Å². The summed E-state index contributed by atoms with van der Waals surface area (Å²) in [6, 6.07) is 0. The Bertz CT molecular complexity index is 558. The molecule has 6 heteroatoms. The number of ether oxygens (including phenoxy) is 1. The van der Waals surface area contributed by atoms with E-state index < -0.39 is 18.2 Å². The summed E-state index contributed by atoms with van der Waals surface area (Å²) in [4.78, 5) is 11.5. The third-order valence-electron chi connectivity index (χ3n) is 4.21. The molecule has 0 fully saturated rings. The summed E-state index contributed by atoms with van der Waals surface area (Å²) in [5.74, 6) is 6.47. The van der Waals surface area contributed by atoms with Crippen LogP contribution in [0.15, 0.2) is 22.8 Å². The number of thioether (sulfide) groups is 1. The van der Waals surface area contributed by atoms with E-state index in [9.17, 15) is 15.0 Å². The average Bonchev–Trinajstić information content (AvgIpc) is 2.91. The fourth-order valence-electron chi connectivity index (χ4n) is 2.78. The Balaban J connectivity index is 2.54. The molecule has 0 aromatic rings. The maximum atomic E-state index is 10.5. The molecule has 0 saturated heterocycles. The van der Waals surface area contributed by atoms with Crippen molar-refractivity contribution < 1.29 is 24.9 Å². The van der Waals surface area contributed by atoms with Gasteiger partial charge in [0.25, 0.3) is 0 Å². The minimum absolute atomic E-state index is 0.166. The van der Waals surface area contributed by atoms with Gasteiger partial charge >= 0.3 is 5.97 Å². The molecular formula is C20H30O5S. The lowest BCUT2D eigenvalue weighted by molar-refractivity contribution is -0.137. The molecule has 146 valence electrons. The molecule has 3 N–H and O–H groups in total. The third kappa shape index (κ3) is 8.31. The first-order valence-electron chi connectivity index (χ1n) is 9.05. The van der Waals surface area contributed by atoms with Gasteiger partial charge in [0.2, 0.25) is 0 Å². The van der Waals surface area contributed by atoms with E-state index in [0.717, 1.165) is 29.3 Å². The van der Waals surface area contributed by atoms with Crippen molar-refractivity contribution in [2.45, 2.75) is 64.1 Å². The minimum Gasteiger partial charge on any atom is -0.500 e. The normalized spacial score (nSPS) is 20.9. The van der Waals surface area contributed by atoms with Gasteiger partial charge in [0, 0.05) is 30.1 Å². The van der Waals surface area contributed by atoms with Crippen molar-refractivity contribution in [3.63, 3.8) is 0 Å². The fourth-order valence-corrected chi connectivity index (χ4v) is 4.10. The molecule has 0 aromatic heterocycles. The van der Waals surface area contributed by atoms with Crippen molar-refractivity contribution in [1.82, 2.24) is 0 Å². The summed E-state index contributed by atoms with van der Waals surface area (Å²) in [7, 11) is 1.61. The van der Waals surface area contributed by atoms with Crippen LogP contribution in [-0.4, -0.2) is 46.4 Å². The van der Waals surface area contributed by atoms with Crippen molar-refractivity contribution in [2.75, 3.05) is 12.9 Å². The number of unbranched alkanes of at least 4 members (excludes halogenated alkanes) is 2. The van der Waals surface area contributed by atoms with E-state index in [1.165, 1.54) is 0 Å². The van der Waals surface area contributed by atoms with Crippen LogP contribution in [0.1, 0.15) is 51.9 Å². The summed E-state index contributed by atoms with van der Waals surface area (Å²) in [5, 5.41) is 29.0. The van der Waals surface area contributed by atoms with Crippen LogP contribution in [0.3, 0.4) is 0 Å². The number of aliphatic hydroxyl groups is 2. The monoisotopic (exact) mass is 382 g/mol. The van der Waals surface area contributed by atoms with E-state index in [0.29, 0.717) is 25.7 Å². The van der Waals surface area contributed by atoms with Gasteiger partial charge in [-0.05, 0) is 31.9 Å². The number of methoxy groups -OCH3 is 1. The highest BCUT2D eigenvalue weighted by atomic mass is 32.2. The predicted molar refractivity (Wildman–Crippen MR) is 105 cm³/mol. The molecule has 1 rings (SSSR count). The van der Waals surface area contributed by atoms with E-state index in [2.05, 4.69) is 11.8 Å². The summed E-state index contributed by atoms with van der Waals surface area (Å²) in [6.07, 6.45) is 6.87. The molecule has 1 aliphatic carbocycles. The van der Waals surface area contributed by atoms with Crippen molar-refractivity contribution >= 4 is 17.7 Å². The highest BCUT2D eigenvalue weighted by molar-refractivity contribution is 8.03. The first kappa shape index (κ1) is 22.6. The van der Waals surface area contributed by atoms with Crippen molar-refractivity contribution in [3.8, 4) is 11.8 Å². The van der Waals surface area contributed by atoms with Gasteiger partial charge in [0.15, 0.2) is 0 Å². The molecule has 0 amide bonds. The zero-order chi connectivity index (χ0) is 19.4. The van der Waals surface area contributed by atoms with E-state index >= 15 is 0 Å². The Kier molecular flexibility index (Phi) is 11.2.